The number of nitrogens with one attached hydrogen (secondary N) is 1. The smallest absolute Gasteiger partial charge is 0.0615 e. The monoisotopic (exact) mass is 160 g/mol. The van der Waals surface area contributed by atoms with Crippen LogP contribution in [0, 0.1) is 0 Å². The predicted molar refractivity (Wildman–Crippen MR) is 47.6 cm³/mol. The second-order valence-corrected chi connectivity index (χ2v) is 2.64. The molecule has 0 aliphatic rings. The highest BCUT2D eigenvalue weighted by atomic mass is 16.5. The first-order valence-electron chi connectivity index (χ1n) is 4.27. The van der Waals surface area contributed by atoms with Crippen molar-refractivity contribution in [2.45, 2.75) is 25.8 Å². The van der Waals surface area contributed by atoms with E-state index in [2.05, 4.69) is 12.2 Å². The lowest BCUT2D eigenvalue weighted by Crippen LogP contribution is -2.33. The van der Waals surface area contributed by atoms with E-state index in [1.807, 2.05) is 0 Å². The Hall–Kier alpha value is -0.120. The fourth-order valence-electron chi connectivity index (χ4n) is 1.10. The highest BCUT2D eigenvalue weighted by Crippen LogP contribution is 1.95. The number of hydrogen-bond donors (Lipinski definition) is 2. The molecule has 3 heteroatoms. The first-order valence-corrected chi connectivity index (χ1v) is 4.27. The Labute approximate surface area is 69.3 Å². The summed E-state index contributed by atoms with van der Waals surface area (Å²) < 4.78 is 5.05. The van der Waals surface area contributed by atoms with Gasteiger partial charge in [0.1, 0.15) is 0 Å². The number of methoxy groups -OCH3 is 1. The summed E-state index contributed by atoms with van der Waals surface area (Å²) in [5.41, 5.74) is 5.40. The topological polar surface area (TPSA) is 47.3 Å². The van der Waals surface area contributed by atoms with Gasteiger partial charge in [-0.15, -0.1) is 0 Å². The Bertz CT molecular complexity index is 72.5. The van der Waals surface area contributed by atoms with Crippen molar-refractivity contribution < 1.29 is 4.74 Å². The van der Waals surface area contributed by atoms with Crippen molar-refractivity contribution in [3.05, 3.63) is 0 Å². The summed E-state index contributed by atoms with van der Waals surface area (Å²) in [4.78, 5) is 0. The maximum absolute atomic E-state index is 5.40. The number of nitrogens with two attached hydrogens (primary N) is 1. The number of hydrogen-bond acceptors (Lipinski definition) is 3. The highest BCUT2D eigenvalue weighted by Gasteiger charge is 2.04. The molecule has 0 aliphatic heterocycles. The van der Waals surface area contributed by atoms with Gasteiger partial charge in [0.25, 0.3) is 0 Å². The van der Waals surface area contributed by atoms with Crippen molar-refractivity contribution in [1.82, 2.24) is 5.32 Å². The van der Waals surface area contributed by atoms with E-state index in [4.69, 9.17) is 10.5 Å². The van der Waals surface area contributed by atoms with Crippen LogP contribution in [0.15, 0.2) is 0 Å². The average Bonchev–Trinajstić information content (AvgIpc) is 2.01. The van der Waals surface area contributed by atoms with Gasteiger partial charge in [-0.2, -0.15) is 0 Å². The normalized spacial score (nSPS) is 13.4. The lowest BCUT2D eigenvalue weighted by Gasteiger charge is -2.15. The summed E-state index contributed by atoms with van der Waals surface area (Å²) in [5.74, 6) is 0. The fraction of sp³-hybridized carbons (Fsp3) is 1.00. The number of likely N-dealkylation sites (N-methyl/N-ethyl adjacent to an activating group) is 1. The van der Waals surface area contributed by atoms with E-state index in [0.29, 0.717) is 6.04 Å². The van der Waals surface area contributed by atoms with Gasteiger partial charge in [-0.3, -0.25) is 0 Å². The molecule has 0 amide bonds. The van der Waals surface area contributed by atoms with Gasteiger partial charge in [-0.05, 0) is 25.9 Å². The molecule has 0 spiro atoms. The minimum absolute atomic E-state index is 0.480. The third-order valence-corrected chi connectivity index (χ3v) is 1.62. The lowest BCUT2D eigenvalue weighted by molar-refractivity contribution is 0.162. The zero-order valence-electron chi connectivity index (χ0n) is 7.60. The summed E-state index contributed by atoms with van der Waals surface area (Å²) in [6, 6.07) is 0.480. The SMILES string of the molecule is CCNC(CCCN)COC. The number of ether oxygens (including phenoxy) is 1. The zero-order chi connectivity index (χ0) is 8.53. The van der Waals surface area contributed by atoms with Gasteiger partial charge in [0.15, 0.2) is 0 Å². The van der Waals surface area contributed by atoms with E-state index >= 15 is 0 Å². The number of rotatable bonds is 7. The Morgan fingerprint density at radius 3 is 2.73 bits per heavy atom. The molecule has 0 heterocycles. The molecule has 11 heavy (non-hydrogen) atoms. The van der Waals surface area contributed by atoms with Gasteiger partial charge in [-0.25, -0.2) is 0 Å². The summed E-state index contributed by atoms with van der Waals surface area (Å²) in [6.07, 6.45) is 2.18. The van der Waals surface area contributed by atoms with Gasteiger partial charge in [0.2, 0.25) is 0 Å². The molecule has 0 saturated carbocycles. The molecule has 0 aromatic carbocycles. The van der Waals surface area contributed by atoms with Crippen LogP contribution in [0.25, 0.3) is 0 Å². The molecule has 3 N–H and O–H groups in total. The molecule has 0 rings (SSSR count). The quantitative estimate of drug-likeness (QED) is 0.565. The van der Waals surface area contributed by atoms with Crippen LogP contribution in [0.1, 0.15) is 19.8 Å². The van der Waals surface area contributed by atoms with Gasteiger partial charge in [-0.1, -0.05) is 6.92 Å². The fourth-order valence-corrected chi connectivity index (χ4v) is 1.10. The van der Waals surface area contributed by atoms with Crippen LogP contribution >= 0.6 is 0 Å². The van der Waals surface area contributed by atoms with Crippen LogP contribution in [-0.4, -0.2) is 32.8 Å². The first-order chi connectivity index (χ1) is 5.35. The molecule has 0 bridgehead atoms. The Morgan fingerprint density at radius 1 is 1.55 bits per heavy atom. The maximum atomic E-state index is 5.40. The molecule has 1 atom stereocenters. The summed E-state index contributed by atoms with van der Waals surface area (Å²) in [6.45, 7) is 4.66. The summed E-state index contributed by atoms with van der Waals surface area (Å²) >= 11 is 0. The summed E-state index contributed by atoms with van der Waals surface area (Å²) in [5, 5.41) is 3.34. The van der Waals surface area contributed by atoms with Crippen molar-refractivity contribution in [2.24, 2.45) is 5.73 Å². The van der Waals surface area contributed by atoms with Crippen molar-refractivity contribution in [3.8, 4) is 0 Å². The van der Waals surface area contributed by atoms with Crippen LogP contribution in [0.2, 0.25) is 0 Å². The molecular formula is C8H20N2O. The second kappa shape index (κ2) is 7.98. The van der Waals surface area contributed by atoms with E-state index in [1.165, 1.54) is 0 Å². The van der Waals surface area contributed by atoms with E-state index in [9.17, 15) is 0 Å². The minimum atomic E-state index is 0.480. The highest BCUT2D eigenvalue weighted by molar-refractivity contribution is 4.64. The lowest BCUT2D eigenvalue weighted by atomic mass is 10.1. The third-order valence-electron chi connectivity index (χ3n) is 1.62. The predicted octanol–water partition coefficient (Wildman–Crippen LogP) is 0.350. The Kier molecular flexibility index (Phi) is 7.89. The standard InChI is InChI=1S/C8H20N2O/c1-3-10-8(7-11-2)5-4-6-9/h8,10H,3-7,9H2,1-2H3. The molecule has 3 nitrogen and oxygen atoms in total. The van der Waals surface area contributed by atoms with E-state index < -0.39 is 0 Å². The third kappa shape index (κ3) is 6.28. The molecule has 0 aromatic rings. The second-order valence-electron chi connectivity index (χ2n) is 2.64. The van der Waals surface area contributed by atoms with Crippen LogP contribution < -0.4 is 11.1 Å². The van der Waals surface area contributed by atoms with Crippen LogP contribution in [0.5, 0.6) is 0 Å². The molecule has 1 unspecified atom stereocenters. The molecule has 0 fully saturated rings. The van der Waals surface area contributed by atoms with Crippen molar-refractivity contribution in [3.63, 3.8) is 0 Å². The Morgan fingerprint density at radius 2 is 2.27 bits per heavy atom. The van der Waals surface area contributed by atoms with E-state index in [1.54, 1.807) is 7.11 Å². The average molecular weight is 160 g/mol. The van der Waals surface area contributed by atoms with Gasteiger partial charge in [0, 0.05) is 13.2 Å². The first kappa shape index (κ1) is 10.9. The van der Waals surface area contributed by atoms with Crippen molar-refractivity contribution >= 4 is 0 Å². The maximum Gasteiger partial charge on any atom is 0.0615 e. The summed E-state index contributed by atoms with van der Waals surface area (Å²) in [7, 11) is 1.73. The van der Waals surface area contributed by atoms with E-state index in [0.717, 1.165) is 32.5 Å². The molecular weight excluding hydrogens is 140 g/mol. The molecule has 0 aliphatic carbocycles. The van der Waals surface area contributed by atoms with Crippen molar-refractivity contribution in [1.29, 1.82) is 0 Å². The molecule has 0 radical (unpaired) electrons. The largest absolute Gasteiger partial charge is 0.383 e. The van der Waals surface area contributed by atoms with E-state index in [-0.39, 0.29) is 0 Å². The zero-order valence-corrected chi connectivity index (χ0v) is 7.60. The van der Waals surface area contributed by atoms with Crippen LogP contribution in [0.4, 0.5) is 0 Å². The Balaban J connectivity index is 3.34. The van der Waals surface area contributed by atoms with Crippen LogP contribution in [-0.2, 0) is 4.74 Å². The van der Waals surface area contributed by atoms with Gasteiger partial charge >= 0.3 is 0 Å². The van der Waals surface area contributed by atoms with Gasteiger partial charge < -0.3 is 15.8 Å². The molecule has 0 saturated heterocycles. The van der Waals surface area contributed by atoms with Crippen LogP contribution in [0.3, 0.4) is 0 Å². The van der Waals surface area contributed by atoms with Crippen molar-refractivity contribution in [2.75, 3.05) is 26.8 Å². The molecule has 0 aromatic heterocycles. The minimum Gasteiger partial charge on any atom is -0.383 e. The molecule has 68 valence electrons. The van der Waals surface area contributed by atoms with Gasteiger partial charge in [0.05, 0.1) is 6.61 Å².